The van der Waals surface area contributed by atoms with E-state index in [1.165, 1.54) is 26.0 Å². The molecule has 0 aliphatic carbocycles. The van der Waals surface area contributed by atoms with Gasteiger partial charge >= 0.3 is 11.9 Å². The van der Waals surface area contributed by atoms with Crippen LogP contribution in [0.15, 0.2) is 83.1 Å². The van der Waals surface area contributed by atoms with Gasteiger partial charge in [-0.1, -0.05) is 71.9 Å². The molecule has 0 spiro atoms. The van der Waals surface area contributed by atoms with E-state index in [1.54, 1.807) is 36.5 Å². The van der Waals surface area contributed by atoms with Crippen molar-refractivity contribution in [3.63, 3.8) is 0 Å². The summed E-state index contributed by atoms with van der Waals surface area (Å²) in [6, 6.07) is 0. The molecule has 14 nitrogen and oxygen atoms in total. The summed E-state index contributed by atoms with van der Waals surface area (Å²) in [7, 11) is 0. The fraction of sp³-hybridized carbons (Fsp3) is 0.500. The lowest BCUT2D eigenvalue weighted by molar-refractivity contribution is -0.291. The van der Waals surface area contributed by atoms with Gasteiger partial charge in [0.2, 0.25) is 12.6 Å². The van der Waals surface area contributed by atoms with Crippen LogP contribution in [0.4, 0.5) is 0 Å². The first kappa shape index (κ1) is 38.9. The number of esters is 2. The van der Waals surface area contributed by atoms with E-state index in [-0.39, 0.29) is 11.1 Å². The lowest BCUT2D eigenvalue weighted by atomic mass is 9.99. The topological polar surface area (TPSA) is 233 Å². The smallest absolute Gasteiger partial charge is 0.336 e. The van der Waals surface area contributed by atoms with E-state index in [4.69, 9.17) is 18.9 Å². The highest BCUT2D eigenvalue weighted by Crippen LogP contribution is 2.24. The van der Waals surface area contributed by atoms with Gasteiger partial charge in [0.05, 0.1) is 13.2 Å². The van der Waals surface area contributed by atoms with Crippen LogP contribution >= 0.6 is 0 Å². The van der Waals surface area contributed by atoms with Crippen molar-refractivity contribution < 1.29 is 69.4 Å². The van der Waals surface area contributed by atoms with Gasteiger partial charge in [-0.15, -0.1) is 0 Å². The van der Waals surface area contributed by atoms with E-state index in [1.807, 2.05) is 26.0 Å². The second-order valence-electron chi connectivity index (χ2n) is 10.8. The monoisotopic (exact) mass is 652 g/mol. The van der Waals surface area contributed by atoms with Gasteiger partial charge < -0.3 is 59.8 Å². The Hall–Kier alpha value is -3.28. The summed E-state index contributed by atoms with van der Waals surface area (Å²) < 4.78 is 20.5. The van der Waals surface area contributed by atoms with Crippen LogP contribution in [0, 0.1) is 0 Å². The minimum atomic E-state index is -1.69. The molecule has 0 aromatic carbocycles. The Kier molecular flexibility index (Phi) is 15.9. The molecule has 10 atom stereocenters. The van der Waals surface area contributed by atoms with Crippen molar-refractivity contribution in [1.29, 1.82) is 0 Å². The normalized spacial score (nSPS) is 33.7. The number of carbonyl (C=O) groups is 2. The molecule has 0 saturated carbocycles. The molecule has 1 unspecified atom stereocenters. The molecule has 2 aliphatic heterocycles. The summed E-state index contributed by atoms with van der Waals surface area (Å²) in [4.78, 5) is 24.7. The summed E-state index contributed by atoms with van der Waals surface area (Å²) in [5, 5.41) is 77.8. The van der Waals surface area contributed by atoms with E-state index >= 15 is 0 Å². The molecule has 14 heteroatoms. The Morgan fingerprint density at radius 2 is 0.891 bits per heavy atom. The van der Waals surface area contributed by atoms with Crippen LogP contribution in [0.25, 0.3) is 0 Å². The predicted molar refractivity (Wildman–Crippen MR) is 162 cm³/mol. The van der Waals surface area contributed by atoms with Crippen molar-refractivity contribution >= 4 is 11.9 Å². The predicted octanol–water partition coefficient (Wildman–Crippen LogP) is -0.874. The molecule has 2 saturated heterocycles. The third kappa shape index (κ3) is 11.2. The highest BCUT2D eigenvalue weighted by atomic mass is 16.7. The van der Waals surface area contributed by atoms with Crippen LogP contribution in [-0.4, -0.2) is 127 Å². The average molecular weight is 653 g/mol. The van der Waals surface area contributed by atoms with Crippen LogP contribution < -0.4 is 0 Å². The summed E-state index contributed by atoms with van der Waals surface area (Å²) in [6.07, 6.45) is 1.59. The zero-order valence-corrected chi connectivity index (χ0v) is 26.0. The second-order valence-corrected chi connectivity index (χ2v) is 10.8. The fourth-order valence-corrected chi connectivity index (χ4v) is 4.08. The van der Waals surface area contributed by atoms with Crippen molar-refractivity contribution in [2.24, 2.45) is 0 Å². The summed E-state index contributed by atoms with van der Waals surface area (Å²) >= 11 is 0. The zero-order chi connectivity index (χ0) is 34.6. The van der Waals surface area contributed by atoms with Crippen LogP contribution in [0.2, 0.25) is 0 Å². The number of carbonyl (C=O) groups excluding carboxylic acids is 2. The second kappa shape index (κ2) is 18.8. The molecule has 8 N–H and O–H groups in total. The molecule has 2 heterocycles. The number of allylic oxidation sites excluding steroid dienone is 12. The standard InChI is InChI=1S/C32H44O14/c1-17(11-7-13-19(3)29(41)45-31-27(39)25(37)23(35)21(15-33)43-31)9-5-6-10-18(2)12-8-14-20(4)30(42)46-32-28(40)26(38)24(36)22(16-34)44-32/h5-14,21-28,31-40H,15-16H2,1-4H3/b6-5+,11-7+,12-8+,17-9+,18-10+,19-13+,20-14+/t21-,22-,23-,24-,25+,26+,27-,28-,31+,32?/m1/s1. The van der Waals surface area contributed by atoms with Crippen molar-refractivity contribution in [2.45, 2.75) is 89.1 Å². The fourth-order valence-electron chi connectivity index (χ4n) is 4.08. The molecular formula is C32H44O14. The third-order valence-corrected chi connectivity index (χ3v) is 7.03. The molecule has 0 bridgehead atoms. The third-order valence-electron chi connectivity index (χ3n) is 7.03. The maximum absolute atomic E-state index is 12.3. The van der Waals surface area contributed by atoms with Gasteiger partial charge in [-0.2, -0.15) is 0 Å². The number of aliphatic hydroxyl groups excluding tert-OH is 8. The maximum Gasteiger partial charge on any atom is 0.336 e. The van der Waals surface area contributed by atoms with Crippen molar-refractivity contribution in [3.8, 4) is 0 Å². The van der Waals surface area contributed by atoms with Crippen molar-refractivity contribution in [3.05, 3.63) is 83.1 Å². The highest BCUT2D eigenvalue weighted by molar-refractivity contribution is 5.88. The molecule has 0 amide bonds. The minimum Gasteiger partial charge on any atom is -0.429 e. The highest BCUT2D eigenvalue weighted by Gasteiger charge is 2.46. The number of rotatable bonds is 12. The van der Waals surface area contributed by atoms with Gasteiger partial charge in [0.25, 0.3) is 0 Å². The summed E-state index contributed by atoms with van der Waals surface area (Å²) in [5.74, 6) is -1.64. The molecule has 2 aliphatic rings. The van der Waals surface area contributed by atoms with Gasteiger partial charge in [-0.3, -0.25) is 0 Å². The summed E-state index contributed by atoms with van der Waals surface area (Å²) in [6.45, 7) is 5.36. The Bertz CT molecular complexity index is 1150. The van der Waals surface area contributed by atoms with Gasteiger partial charge in [0, 0.05) is 11.1 Å². The minimum absolute atomic E-state index is 0.174. The first-order chi connectivity index (χ1) is 21.7. The molecule has 256 valence electrons. The Morgan fingerprint density at radius 3 is 1.22 bits per heavy atom. The molecule has 2 rings (SSSR count). The van der Waals surface area contributed by atoms with E-state index in [0.29, 0.717) is 0 Å². The van der Waals surface area contributed by atoms with E-state index < -0.39 is 86.6 Å². The van der Waals surface area contributed by atoms with Crippen LogP contribution in [0.3, 0.4) is 0 Å². The van der Waals surface area contributed by atoms with Gasteiger partial charge in [-0.25, -0.2) is 9.59 Å². The van der Waals surface area contributed by atoms with Crippen molar-refractivity contribution in [2.75, 3.05) is 13.2 Å². The Labute approximate surface area is 266 Å². The molecule has 0 aromatic heterocycles. The Balaban J connectivity index is 1.86. The lowest BCUT2D eigenvalue weighted by Gasteiger charge is -2.39. The number of ether oxygens (including phenoxy) is 4. The molecular weight excluding hydrogens is 608 g/mol. The zero-order valence-electron chi connectivity index (χ0n) is 26.0. The number of hydrogen-bond donors (Lipinski definition) is 8. The summed E-state index contributed by atoms with van der Waals surface area (Å²) in [5.41, 5.74) is 2.04. The Morgan fingerprint density at radius 1 is 0.543 bits per heavy atom. The van der Waals surface area contributed by atoms with E-state index in [2.05, 4.69) is 0 Å². The van der Waals surface area contributed by atoms with Crippen LogP contribution in [0.5, 0.6) is 0 Å². The SMILES string of the molecule is CC(/C=C/C=C(\C)C(=O)OC1O[C@H](CO)[C@@H](O)[C@H](O)[C@H]1O)=C\C=C\C=C(C)\C=C\C=C(/C)C(=O)O[C@@H]1O[C@H](CO)[C@@H](O)[C@H](O)[C@H]1O. The van der Waals surface area contributed by atoms with Crippen LogP contribution in [0.1, 0.15) is 27.7 Å². The van der Waals surface area contributed by atoms with Gasteiger partial charge in [-0.05, 0) is 27.7 Å². The van der Waals surface area contributed by atoms with Gasteiger partial charge in [0.15, 0.2) is 0 Å². The van der Waals surface area contributed by atoms with Gasteiger partial charge in [0.1, 0.15) is 48.8 Å². The number of hydrogen-bond acceptors (Lipinski definition) is 14. The number of aliphatic hydroxyl groups is 8. The largest absolute Gasteiger partial charge is 0.429 e. The average Bonchev–Trinajstić information content (AvgIpc) is 3.03. The van der Waals surface area contributed by atoms with Crippen LogP contribution in [-0.2, 0) is 28.5 Å². The van der Waals surface area contributed by atoms with E-state index in [9.17, 15) is 50.4 Å². The maximum atomic E-state index is 12.3. The van der Waals surface area contributed by atoms with E-state index in [0.717, 1.165) is 11.1 Å². The first-order valence-electron chi connectivity index (χ1n) is 14.5. The molecule has 0 aromatic rings. The lowest BCUT2D eigenvalue weighted by Crippen LogP contribution is -2.59. The molecule has 2 fully saturated rings. The molecule has 0 radical (unpaired) electrons. The first-order valence-corrected chi connectivity index (χ1v) is 14.5. The molecule has 46 heavy (non-hydrogen) atoms. The quantitative estimate of drug-likeness (QED) is 0.0728. The van der Waals surface area contributed by atoms with Crippen molar-refractivity contribution in [1.82, 2.24) is 0 Å².